The fourth-order valence-corrected chi connectivity index (χ4v) is 6.97. The third-order valence-corrected chi connectivity index (χ3v) is 9.60. The molecule has 0 aliphatic carbocycles. The Bertz CT molecular complexity index is 1660. The van der Waals surface area contributed by atoms with Crippen LogP contribution in [0.3, 0.4) is 0 Å². The fraction of sp³-hybridized carbons (Fsp3) is 0.172. The number of nitrogens with one attached hydrogen (secondary N) is 2. The Hall–Kier alpha value is -3.48. The van der Waals surface area contributed by atoms with Crippen LogP contribution < -0.4 is 15.4 Å². The smallest absolute Gasteiger partial charge is 0.352 e. The van der Waals surface area contributed by atoms with E-state index < -0.39 is 29.2 Å². The van der Waals surface area contributed by atoms with Gasteiger partial charge in [0.2, 0.25) is 5.91 Å². The Balaban J connectivity index is 1.24. The van der Waals surface area contributed by atoms with E-state index in [-0.39, 0.29) is 41.0 Å². The lowest BCUT2D eigenvalue weighted by Gasteiger charge is -2.49. The topological polar surface area (TPSA) is 125 Å². The second-order valence-corrected chi connectivity index (χ2v) is 12.7. The molecule has 0 radical (unpaired) electrons. The number of allylic oxidation sites excluding steroid dienone is 1. The van der Waals surface area contributed by atoms with Crippen molar-refractivity contribution in [1.82, 2.24) is 10.2 Å². The first-order chi connectivity index (χ1) is 20.6. The molecule has 2 aromatic carbocycles. The highest BCUT2D eigenvalue weighted by molar-refractivity contribution is 8.00. The van der Waals surface area contributed by atoms with Gasteiger partial charge in [-0.05, 0) is 59.5 Å². The van der Waals surface area contributed by atoms with E-state index in [0.29, 0.717) is 27.1 Å². The first-order valence-corrected chi connectivity index (χ1v) is 15.8. The molecule has 3 amide bonds. The summed E-state index contributed by atoms with van der Waals surface area (Å²) in [5, 5.41) is 17.7. The number of fused-ring (bicyclic) bond motifs is 1. The van der Waals surface area contributed by atoms with Crippen molar-refractivity contribution in [1.29, 1.82) is 0 Å². The van der Waals surface area contributed by atoms with E-state index in [1.54, 1.807) is 36.4 Å². The number of anilines is 1. The molecule has 2 aliphatic heterocycles. The molecular formula is C29H22Cl3N3O6S2. The van der Waals surface area contributed by atoms with E-state index in [9.17, 15) is 24.3 Å². The van der Waals surface area contributed by atoms with Gasteiger partial charge in [0.05, 0.1) is 22.0 Å². The van der Waals surface area contributed by atoms with Gasteiger partial charge in [-0.1, -0.05) is 46.9 Å². The van der Waals surface area contributed by atoms with Crippen LogP contribution in [0.4, 0.5) is 5.69 Å². The van der Waals surface area contributed by atoms with Crippen LogP contribution in [0.2, 0.25) is 15.1 Å². The van der Waals surface area contributed by atoms with Crippen molar-refractivity contribution in [2.24, 2.45) is 0 Å². The van der Waals surface area contributed by atoms with Crippen molar-refractivity contribution >= 4 is 87.3 Å². The molecule has 0 saturated carbocycles. The Kier molecular flexibility index (Phi) is 9.68. The Labute approximate surface area is 269 Å². The number of rotatable bonds is 10. The highest BCUT2D eigenvalue weighted by atomic mass is 35.5. The molecule has 0 spiro atoms. The van der Waals surface area contributed by atoms with Gasteiger partial charge in [-0.2, -0.15) is 0 Å². The number of carbonyl (C=O) groups excluding carboxylic acids is 3. The summed E-state index contributed by atoms with van der Waals surface area (Å²) in [4.78, 5) is 52.5. The van der Waals surface area contributed by atoms with Gasteiger partial charge in [0.25, 0.3) is 11.8 Å². The van der Waals surface area contributed by atoms with E-state index in [2.05, 4.69) is 10.6 Å². The van der Waals surface area contributed by atoms with Gasteiger partial charge < -0.3 is 20.5 Å². The molecule has 1 fully saturated rings. The van der Waals surface area contributed by atoms with E-state index in [4.69, 9.17) is 39.5 Å². The van der Waals surface area contributed by atoms with Gasteiger partial charge in [0.15, 0.2) is 0 Å². The quantitative estimate of drug-likeness (QED) is 0.229. The number of amides is 3. The lowest BCUT2D eigenvalue weighted by molar-refractivity contribution is -0.150. The Morgan fingerprint density at radius 2 is 1.91 bits per heavy atom. The standard InChI is InChI=1S/C29H22Cl3N3O6S2/c30-16-5-8-22(19(11-16)26(37)33-17-6-7-20(31)21(32)12-17)41-9-1-3-15-14-43-28-24(27(38)35(28)25(15)29(39)40)34-23(36)13-18-4-2-10-42-18/h1-8,10-12,24,28H,9,13-14H2,(H,33,37)(H,34,36)(H,39,40)/b3-1+/t24-,28-/m1/s1. The average Bonchev–Trinajstić information content (AvgIpc) is 3.49. The van der Waals surface area contributed by atoms with Crippen LogP contribution in [0.1, 0.15) is 15.2 Å². The first kappa shape index (κ1) is 31.0. The van der Waals surface area contributed by atoms with Crippen molar-refractivity contribution in [3.05, 3.63) is 103 Å². The van der Waals surface area contributed by atoms with Crippen LogP contribution in [0.25, 0.3) is 0 Å². The summed E-state index contributed by atoms with van der Waals surface area (Å²) < 4.78 is 5.81. The molecule has 0 bridgehead atoms. The lowest BCUT2D eigenvalue weighted by Crippen LogP contribution is -2.70. The first-order valence-electron chi connectivity index (χ1n) is 12.7. The van der Waals surface area contributed by atoms with Gasteiger partial charge in [0.1, 0.15) is 29.5 Å². The lowest BCUT2D eigenvalue weighted by atomic mass is 10.0. The van der Waals surface area contributed by atoms with Crippen molar-refractivity contribution in [3.8, 4) is 5.75 Å². The number of thiophene rings is 1. The predicted octanol–water partition coefficient (Wildman–Crippen LogP) is 5.88. The molecular weight excluding hydrogens is 657 g/mol. The zero-order chi connectivity index (χ0) is 30.7. The van der Waals surface area contributed by atoms with Gasteiger partial charge in [-0.3, -0.25) is 19.3 Å². The fourth-order valence-electron chi connectivity index (χ4n) is 4.47. The maximum absolute atomic E-state index is 13.0. The minimum Gasteiger partial charge on any atom is -0.489 e. The number of β-lactam (4-membered cyclic amide) rings is 1. The van der Waals surface area contributed by atoms with Gasteiger partial charge >= 0.3 is 5.97 Å². The number of ether oxygens (including phenoxy) is 1. The van der Waals surface area contributed by atoms with Crippen molar-refractivity contribution < 1.29 is 29.0 Å². The Morgan fingerprint density at radius 3 is 2.63 bits per heavy atom. The highest BCUT2D eigenvalue weighted by Crippen LogP contribution is 2.40. The van der Waals surface area contributed by atoms with E-state index in [1.165, 1.54) is 40.1 Å². The van der Waals surface area contributed by atoms with Crippen LogP contribution in [0.5, 0.6) is 5.75 Å². The minimum atomic E-state index is -1.25. The number of carboxylic acids is 1. The van der Waals surface area contributed by atoms with Crippen LogP contribution in [-0.4, -0.2) is 57.5 Å². The summed E-state index contributed by atoms with van der Waals surface area (Å²) >= 11 is 20.9. The molecule has 1 saturated heterocycles. The normalized spacial score (nSPS) is 17.8. The summed E-state index contributed by atoms with van der Waals surface area (Å²) in [6.07, 6.45) is 3.33. The molecule has 222 valence electrons. The summed E-state index contributed by atoms with van der Waals surface area (Å²) in [6, 6.07) is 12.1. The van der Waals surface area contributed by atoms with Gasteiger partial charge in [-0.25, -0.2) is 4.79 Å². The summed E-state index contributed by atoms with van der Waals surface area (Å²) in [6.45, 7) is -0.00543. The van der Waals surface area contributed by atoms with E-state index in [1.807, 2.05) is 17.5 Å². The zero-order valence-electron chi connectivity index (χ0n) is 22.0. The number of halogens is 3. The number of thioether (sulfide) groups is 1. The Morgan fingerprint density at radius 1 is 1.09 bits per heavy atom. The molecule has 14 heteroatoms. The van der Waals surface area contributed by atoms with Crippen LogP contribution in [0, 0.1) is 0 Å². The molecule has 5 rings (SSSR count). The molecule has 3 aromatic rings. The second-order valence-electron chi connectivity index (χ2n) is 9.33. The predicted molar refractivity (Wildman–Crippen MR) is 168 cm³/mol. The molecule has 9 nitrogen and oxygen atoms in total. The number of benzene rings is 2. The third kappa shape index (κ3) is 7.02. The maximum atomic E-state index is 13.0. The molecule has 0 unspecified atom stereocenters. The van der Waals surface area contributed by atoms with Gasteiger partial charge in [0, 0.05) is 21.3 Å². The van der Waals surface area contributed by atoms with E-state index >= 15 is 0 Å². The molecule has 43 heavy (non-hydrogen) atoms. The maximum Gasteiger partial charge on any atom is 0.352 e. The van der Waals surface area contributed by atoms with Crippen LogP contribution in [0.15, 0.2) is 77.3 Å². The number of hydrogen-bond donors (Lipinski definition) is 3. The number of nitrogens with zero attached hydrogens (tertiary/aromatic N) is 1. The zero-order valence-corrected chi connectivity index (χ0v) is 25.9. The number of hydrogen-bond acceptors (Lipinski definition) is 7. The number of carbonyl (C=O) groups is 4. The molecule has 2 atom stereocenters. The van der Waals surface area contributed by atoms with Crippen molar-refractivity contribution in [3.63, 3.8) is 0 Å². The largest absolute Gasteiger partial charge is 0.489 e. The molecule has 2 aliphatic rings. The van der Waals surface area contributed by atoms with Crippen LogP contribution >= 0.6 is 57.9 Å². The van der Waals surface area contributed by atoms with Crippen molar-refractivity contribution in [2.75, 3.05) is 17.7 Å². The minimum absolute atomic E-state index is 0.00543. The molecule has 3 heterocycles. The van der Waals surface area contributed by atoms with Crippen molar-refractivity contribution in [2.45, 2.75) is 17.8 Å². The van der Waals surface area contributed by atoms with Gasteiger partial charge in [-0.15, -0.1) is 23.1 Å². The summed E-state index contributed by atoms with van der Waals surface area (Å²) in [5.41, 5.74) is 0.882. The summed E-state index contributed by atoms with van der Waals surface area (Å²) in [5.74, 6) is -1.95. The SMILES string of the molecule is O=C(Cc1cccs1)N[C@@H]1C(=O)N2C(C(=O)O)=C(/C=C/COc3ccc(Cl)cc3C(=O)Nc3ccc(Cl)c(Cl)c3)CS[C@H]12. The highest BCUT2D eigenvalue weighted by Gasteiger charge is 2.53. The monoisotopic (exact) mass is 677 g/mol. The summed E-state index contributed by atoms with van der Waals surface area (Å²) in [7, 11) is 0. The van der Waals surface area contributed by atoms with Crippen LogP contribution in [-0.2, 0) is 20.8 Å². The average molecular weight is 679 g/mol. The third-order valence-electron chi connectivity index (χ3n) is 6.45. The second kappa shape index (κ2) is 13.4. The number of aliphatic carboxylic acids is 1. The molecule has 3 N–H and O–H groups in total. The van der Waals surface area contributed by atoms with E-state index in [0.717, 1.165) is 4.88 Å². The molecule has 1 aromatic heterocycles. The number of carboxylic acid groups (broad SMARTS) is 1.